The monoisotopic (exact) mass is 334 g/mol. The molecule has 124 valence electrons. The highest BCUT2D eigenvalue weighted by molar-refractivity contribution is 7.92. The van der Waals surface area contributed by atoms with Crippen molar-refractivity contribution in [2.45, 2.75) is 56.8 Å². The summed E-state index contributed by atoms with van der Waals surface area (Å²) in [6.07, 6.45) is 2.04. The minimum atomic E-state index is -3.65. The number of nitrogens with one attached hydrogen (secondary N) is 1. The molecule has 1 aromatic heterocycles. The van der Waals surface area contributed by atoms with Crippen molar-refractivity contribution < 1.29 is 12.9 Å². The van der Waals surface area contributed by atoms with Crippen LogP contribution in [0.25, 0.3) is 0 Å². The van der Waals surface area contributed by atoms with E-state index in [-0.39, 0.29) is 16.2 Å². The third-order valence-electron chi connectivity index (χ3n) is 4.10. The van der Waals surface area contributed by atoms with E-state index in [0.29, 0.717) is 17.1 Å². The zero-order valence-electron chi connectivity index (χ0n) is 13.9. The van der Waals surface area contributed by atoms with Gasteiger partial charge >= 0.3 is 0 Å². The summed E-state index contributed by atoms with van der Waals surface area (Å²) in [5.74, 6) is 0.939. The van der Waals surface area contributed by atoms with E-state index in [1.165, 1.54) is 0 Å². The lowest BCUT2D eigenvalue weighted by molar-refractivity contribution is 0.381. The minimum Gasteiger partial charge on any atom is -0.359 e. The molecule has 1 heterocycles. The Morgan fingerprint density at radius 1 is 1.17 bits per heavy atom. The van der Waals surface area contributed by atoms with Crippen LogP contribution in [0.4, 0.5) is 5.69 Å². The third-order valence-corrected chi connectivity index (χ3v) is 5.47. The second-order valence-electron chi connectivity index (χ2n) is 7.16. The molecule has 6 heteroatoms. The molecule has 5 nitrogen and oxygen atoms in total. The number of anilines is 1. The van der Waals surface area contributed by atoms with Crippen LogP contribution in [-0.4, -0.2) is 13.6 Å². The normalized spacial score (nSPS) is 15.7. The Bertz CT molecular complexity index is 811. The number of hydrogen-bond donors (Lipinski definition) is 1. The van der Waals surface area contributed by atoms with Gasteiger partial charge in [-0.1, -0.05) is 38.1 Å². The quantitative estimate of drug-likeness (QED) is 0.918. The number of aromatic nitrogens is 1. The van der Waals surface area contributed by atoms with Gasteiger partial charge in [-0.05, 0) is 42.9 Å². The fourth-order valence-corrected chi connectivity index (χ4v) is 3.59. The van der Waals surface area contributed by atoms with Gasteiger partial charge in [0.15, 0.2) is 5.76 Å². The van der Waals surface area contributed by atoms with Gasteiger partial charge in [0.2, 0.25) is 0 Å². The Hall–Kier alpha value is -1.82. The lowest BCUT2D eigenvalue weighted by atomic mass is 9.87. The van der Waals surface area contributed by atoms with Crippen molar-refractivity contribution in [1.29, 1.82) is 0 Å². The van der Waals surface area contributed by atoms with Gasteiger partial charge in [0, 0.05) is 5.92 Å². The molecular weight excluding hydrogens is 312 g/mol. The second-order valence-corrected chi connectivity index (χ2v) is 8.84. The summed E-state index contributed by atoms with van der Waals surface area (Å²) in [5.41, 5.74) is 2.14. The maximum Gasteiger partial charge on any atom is 0.262 e. The predicted molar refractivity (Wildman–Crippen MR) is 89.2 cm³/mol. The molecule has 0 saturated heterocycles. The van der Waals surface area contributed by atoms with Gasteiger partial charge in [-0.25, -0.2) is 8.42 Å². The molecule has 23 heavy (non-hydrogen) atoms. The Morgan fingerprint density at radius 3 is 2.30 bits per heavy atom. The van der Waals surface area contributed by atoms with Crippen molar-refractivity contribution >= 4 is 15.7 Å². The molecule has 2 aromatic rings. The number of nitrogens with zero attached hydrogens (tertiary/aromatic N) is 1. The Kier molecular flexibility index (Phi) is 3.75. The molecule has 1 aromatic carbocycles. The summed E-state index contributed by atoms with van der Waals surface area (Å²) in [6.45, 7) is 8.03. The van der Waals surface area contributed by atoms with Crippen LogP contribution in [-0.2, 0) is 15.4 Å². The number of aryl methyl sites for hydroxylation is 1. The van der Waals surface area contributed by atoms with E-state index in [0.717, 1.165) is 18.4 Å². The molecule has 0 atom stereocenters. The van der Waals surface area contributed by atoms with E-state index in [1.807, 2.05) is 12.1 Å². The van der Waals surface area contributed by atoms with Crippen LogP contribution in [0.2, 0.25) is 0 Å². The van der Waals surface area contributed by atoms with E-state index in [1.54, 1.807) is 19.1 Å². The van der Waals surface area contributed by atoms with Crippen LogP contribution in [0, 0.1) is 6.92 Å². The highest BCUT2D eigenvalue weighted by Gasteiger charge is 2.33. The first kappa shape index (κ1) is 16.1. The first-order chi connectivity index (χ1) is 10.7. The van der Waals surface area contributed by atoms with Gasteiger partial charge in [-0.15, -0.1) is 0 Å². The van der Waals surface area contributed by atoms with E-state index < -0.39 is 10.0 Å². The smallest absolute Gasteiger partial charge is 0.262 e. The van der Waals surface area contributed by atoms with Crippen LogP contribution in [0.5, 0.6) is 0 Å². The SMILES string of the molecule is Cc1noc(C2CC2)c1NS(=O)(=O)c1ccc(C(C)(C)C)cc1. The van der Waals surface area contributed by atoms with Gasteiger partial charge in [0.05, 0.1) is 4.90 Å². The molecular formula is C17H22N2O3S. The zero-order valence-corrected chi connectivity index (χ0v) is 14.7. The van der Waals surface area contributed by atoms with Gasteiger partial charge < -0.3 is 4.52 Å². The average Bonchev–Trinajstić information content (AvgIpc) is 3.25. The summed E-state index contributed by atoms with van der Waals surface area (Å²) < 4.78 is 33.2. The van der Waals surface area contributed by atoms with Crippen LogP contribution < -0.4 is 4.72 Å². The summed E-state index contributed by atoms with van der Waals surface area (Å²) in [7, 11) is -3.65. The molecule has 1 N–H and O–H groups in total. The van der Waals surface area contributed by atoms with E-state index in [2.05, 4.69) is 30.6 Å². The molecule has 1 fully saturated rings. The molecule has 0 bridgehead atoms. The maximum absolute atomic E-state index is 12.6. The van der Waals surface area contributed by atoms with E-state index >= 15 is 0 Å². The fraction of sp³-hybridized carbons (Fsp3) is 0.471. The topological polar surface area (TPSA) is 72.2 Å². The Balaban J connectivity index is 1.89. The summed E-state index contributed by atoms with van der Waals surface area (Å²) in [4.78, 5) is 0.243. The summed E-state index contributed by atoms with van der Waals surface area (Å²) in [5, 5.41) is 3.90. The molecule has 0 amide bonds. The van der Waals surface area contributed by atoms with Crippen molar-refractivity contribution in [1.82, 2.24) is 5.16 Å². The first-order valence-corrected chi connectivity index (χ1v) is 9.26. The third kappa shape index (κ3) is 3.27. The van der Waals surface area contributed by atoms with Crippen LogP contribution in [0.3, 0.4) is 0 Å². The highest BCUT2D eigenvalue weighted by atomic mass is 32.2. The van der Waals surface area contributed by atoms with Crippen molar-refractivity contribution in [2.75, 3.05) is 4.72 Å². The van der Waals surface area contributed by atoms with Crippen LogP contribution >= 0.6 is 0 Å². The standard InChI is InChI=1S/C17H22N2O3S/c1-11-15(16(22-18-11)12-5-6-12)19-23(20,21)14-9-7-13(8-10-14)17(2,3)4/h7-10,12,19H,5-6H2,1-4H3. The fourth-order valence-electron chi connectivity index (χ4n) is 2.46. The number of sulfonamides is 1. The van der Waals surface area contributed by atoms with E-state index in [4.69, 9.17) is 4.52 Å². The van der Waals surface area contributed by atoms with Gasteiger partial charge in [0.1, 0.15) is 11.4 Å². The van der Waals surface area contributed by atoms with Crippen molar-refractivity contribution in [3.8, 4) is 0 Å². The lowest BCUT2D eigenvalue weighted by Gasteiger charge is -2.19. The molecule has 1 aliphatic rings. The molecule has 0 radical (unpaired) electrons. The van der Waals surface area contributed by atoms with Gasteiger partial charge in [-0.2, -0.15) is 0 Å². The number of hydrogen-bond acceptors (Lipinski definition) is 4. The minimum absolute atomic E-state index is 0.0140. The molecule has 1 saturated carbocycles. The second kappa shape index (κ2) is 5.37. The van der Waals surface area contributed by atoms with Gasteiger partial charge in [0.25, 0.3) is 10.0 Å². The van der Waals surface area contributed by atoms with E-state index in [9.17, 15) is 8.42 Å². The maximum atomic E-state index is 12.6. The van der Waals surface area contributed by atoms with Gasteiger partial charge in [-0.3, -0.25) is 4.72 Å². The lowest BCUT2D eigenvalue weighted by Crippen LogP contribution is -2.15. The summed E-state index contributed by atoms with van der Waals surface area (Å²) >= 11 is 0. The highest BCUT2D eigenvalue weighted by Crippen LogP contribution is 2.44. The summed E-state index contributed by atoms with van der Waals surface area (Å²) in [6, 6.07) is 7.00. The van der Waals surface area contributed by atoms with Crippen LogP contribution in [0.15, 0.2) is 33.7 Å². The van der Waals surface area contributed by atoms with Crippen molar-refractivity contribution in [3.05, 3.63) is 41.3 Å². The predicted octanol–water partition coefficient (Wildman–Crippen LogP) is 3.96. The molecule has 3 rings (SSSR count). The Morgan fingerprint density at radius 2 is 1.78 bits per heavy atom. The molecule has 0 aliphatic heterocycles. The average molecular weight is 334 g/mol. The Labute approximate surface area is 137 Å². The molecule has 0 unspecified atom stereocenters. The molecule has 1 aliphatic carbocycles. The first-order valence-electron chi connectivity index (χ1n) is 7.78. The van der Waals surface area contributed by atoms with Crippen molar-refractivity contribution in [3.63, 3.8) is 0 Å². The van der Waals surface area contributed by atoms with Crippen LogP contribution in [0.1, 0.15) is 56.5 Å². The number of rotatable bonds is 4. The largest absolute Gasteiger partial charge is 0.359 e. The number of benzene rings is 1. The molecule has 0 spiro atoms. The zero-order chi connectivity index (χ0) is 16.8. The van der Waals surface area contributed by atoms with Crippen molar-refractivity contribution in [2.24, 2.45) is 0 Å².